The average molecular weight is 419 g/mol. The molecule has 1 aliphatic carbocycles. The molecule has 1 amide bonds. The second-order valence-electron chi connectivity index (χ2n) is 6.18. The maximum atomic E-state index is 12.5. The van der Waals surface area contributed by atoms with Gasteiger partial charge in [0.1, 0.15) is 0 Å². The first-order chi connectivity index (χ1) is 11.2. The number of benzene rings is 2. The number of hydrogen-bond acceptors (Lipinski definition) is 1. The summed E-state index contributed by atoms with van der Waals surface area (Å²) in [6.45, 7) is 2.12. The van der Waals surface area contributed by atoms with E-state index in [1.807, 2.05) is 24.3 Å². The highest BCUT2D eigenvalue weighted by Gasteiger charge is 2.16. The van der Waals surface area contributed by atoms with E-state index in [0.717, 1.165) is 15.6 Å². The van der Waals surface area contributed by atoms with Crippen molar-refractivity contribution in [2.24, 2.45) is 0 Å². The Balaban J connectivity index is 1.77. The Morgan fingerprint density at radius 1 is 1.09 bits per heavy atom. The van der Waals surface area contributed by atoms with E-state index in [1.54, 1.807) is 0 Å². The lowest BCUT2D eigenvalue weighted by molar-refractivity contribution is 0.0935. The predicted octanol–water partition coefficient (Wildman–Crippen LogP) is 5.05. The van der Waals surface area contributed by atoms with Crippen LogP contribution in [0.5, 0.6) is 0 Å². The van der Waals surface area contributed by atoms with Crippen LogP contribution >= 0.6 is 22.6 Å². The number of aryl methyl sites for hydroxylation is 2. The van der Waals surface area contributed by atoms with Crippen LogP contribution in [0.3, 0.4) is 0 Å². The normalized spacial score (nSPS) is 14.9. The van der Waals surface area contributed by atoms with E-state index in [0.29, 0.717) is 0 Å². The van der Waals surface area contributed by atoms with Crippen molar-refractivity contribution >= 4 is 28.5 Å². The lowest BCUT2D eigenvalue weighted by Crippen LogP contribution is -2.28. The maximum Gasteiger partial charge on any atom is 0.251 e. The van der Waals surface area contributed by atoms with Crippen LogP contribution in [0.25, 0.3) is 0 Å². The molecule has 1 N–H and O–H groups in total. The summed E-state index contributed by atoms with van der Waals surface area (Å²) in [5.74, 6) is 0.00553. The van der Waals surface area contributed by atoms with Crippen LogP contribution < -0.4 is 5.32 Å². The first kappa shape index (κ1) is 16.5. The quantitative estimate of drug-likeness (QED) is 0.691. The van der Waals surface area contributed by atoms with Gasteiger partial charge < -0.3 is 5.32 Å². The van der Waals surface area contributed by atoms with E-state index in [-0.39, 0.29) is 11.9 Å². The summed E-state index contributed by atoms with van der Waals surface area (Å²) < 4.78 is 1.14. The Labute approximate surface area is 151 Å². The Hall–Kier alpha value is -1.36. The van der Waals surface area contributed by atoms with Gasteiger partial charge in [0, 0.05) is 9.13 Å². The summed E-state index contributed by atoms with van der Waals surface area (Å²) in [7, 11) is 0. The van der Waals surface area contributed by atoms with Crippen LogP contribution in [-0.2, 0) is 12.8 Å². The average Bonchev–Trinajstić information content (AvgIpc) is 2.59. The summed E-state index contributed by atoms with van der Waals surface area (Å²) in [6, 6.07) is 14.5. The van der Waals surface area contributed by atoms with Crippen LogP contribution in [0, 0.1) is 3.57 Å². The summed E-state index contributed by atoms with van der Waals surface area (Å²) in [5, 5.41) is 3.18. The van der Waals surface area contributed by atoms with Gasteiger partial charge in [0.25, 0.3) is 5.91 Å². The molecule has 23 heavy (non-hydrogen) atoms. The van der Waals surface area contributed by atoms with Crippen molar-refractivity contribution in [1.29, 1.82) is 0 Å². The molecule has 0 fully saturated rings. The molecule has 0 spiro atoms. The molecule has 0 radical (unpaired) electrons. The van der Waals surface area contributed by atoms with Crippen molar-refractivity contribution in [2.75, 3.05) is 0 Å². The topological polar surface area (TPSA) is 29.1 Å². The van der Waals surface area contributed by atoms with Gasteiger partial charge in [-0.2, -0.15) is 0 Å². The smallest absolute Gasteiger partial charge is 0.251 e. The van der Waals surface area contributed by atoms with Crippen LogP contribution in [0.2, 0.25) is 0 Å². The molecule has 2 aromatic rings. The van der Waals surface area contributed by atoms with Crippen molar-refractivity contribution in [3.05, 3.63) is 68.3 Å². The number of halogens is 1. The van der Waals surface area contributed by atoms with Crippen molar-refractivity contribution in [3.8, 4) is 0 Å². The molecular weight excluding hydrogens is 397 g/mol. The molecule has 0 unspecified atom stereocenters. The third-order valence-corrected chi connectivity index (χ3v) is 5.31. The number of carbonyl (C=O) groups is 1. The van der Waals surface area contributed by atoms with Crippen LogP contribution in [0.4, 0.5) is 0 Å². The fourth-order valence-corrected chi connectivity index (χ4v) is 3.59. The fourth-order valence-electron chi connectivity index (χ4n) is 3.23. The van der Waals surface area contributed by atoms with E-state index in [2.05, 4.69) is 53.0 Å². The number of amides is 1. The van der Waals surface area contributed by atoms with Crippen molar-refractivity contribution in [3.63, 3.8) is 0 Å². The molecule has 2 aromatic carbocycles. The first-order valence-electron chi connectivity index (χ1n) is 8.35. The standard InChI is InChI=1S/C20H22INO/c1-2-19(22-20(23)15-9-11-18(21)12-10-15)17-8-7-14-5-3-4-6-16(14)13-17/h7-13,19H,2-6H2,1H3,(H,22,23)/t19-/m0/s1. The predicted molar refractivity (Wildman–Crippen MR) is 103 cm³/mol. The highest BCUT2D eigenvalue weighted by Crippen LogP contribution is 2.26. The van der Waals surface area contributed by atoms with Crippen LogP contribution in [-0.4, -0.2) is 5.91 Å². The van der Waals surface area contributed by atoms with Gasteiger partial charge in [-0.1, -0.05) is 25.1 Å². The minimum Gasteiger partial charge on any atom is -0.345 e. The van der Waals surface area contributed by atoms with Gasteiger partial charge in [0.05, 0.1) is 6.04 Å². The molecule has 2 nitrogen and oxygen atoms in total. The zero-order chi connectivity index (χ0) is 16.2. The summed E-state index contributed by atoms with van der Waals surface area (Å²) in [4.78, 5) is 12.5. The third kappa shape index (κ3) is 3.94. The van der Waals surface area contributed by atoms with Crippen molar-refractivity contribution < 1.29 is 4.79 Å². The summed E-state index contributed by atoms with van der Waals surface area (Å²) in [6.07, 6.45) is 5.84. The number of fused-ring (bicyclic) bond motifs is 1. The Morgan fingerprint density at radius 2 is 1.78 bits per heavy atom. The maximum absolute atomic E-state index is 12.5. The Bertz CT molecular complexity index is 693. The van der Waals surface area contributed by atoms with E-state index in [1.165, 1.54) is 42.4 Å². The van der Waals surface area contributed by atoms with Gasteiger partial charge in [-0.3, -0.25) is 4.79 Å². The van der Waals surface area contributed by atoms with E-state index < -0.39 is 0 Å². The first-order valence-corrected chi connectivity index (χ1v) is 9.43. The number of hydrogen-bond donors (Lipinski definition) is 1. The molecule has 0 saturated carbocycles. The van der Waals surface area contributed by atoms with Gasteiger partial charge in [-0.05, 0) is 95.7 Å². The number of carbonyl (C=O) groups excluding carboxylic acids is 1. The molecule has 0 bridgehead atoms. The van der Waals surface area contributed by atoms with Crippen molar-refractivity contribution in [2.45, 2.75) is 45.1 Å². The lowest BCUT2D eigenvalue weighted by Gasteiger charge is -2.21. The molecule has 0 aromatic heterocycles. The second-order valence-corrected chi connectivity index (χ2v) is 7.42. The highest BCUT2D eigenvalue weighted by molar-refractivity contribution is 14.1. The molecule has 0 saturated heterocycles. The Kier molecular flexibility index (Phi) is 5.36. The monoisotopic (exact) mass is 419 g/mol. The van der Waals surface area contributed by atoms with E-state index in [4.69, 9.17) is 0 Å². The van der Waals surface area contributed by atoms with Gasteiger partial charge in [0.15, 0.2) is 0 Å². The highest BCUT2D eigenvalue weighted by atomic mass is 127. The molecule has 3 heteroatoms. The SMILES string of the molecule is CC[C@H](NC(=O)c1ccc(I)cc1)c1ccc2c(c1)CCCC2. The number of rotatable bonds is 4. The van der Waals surface area contributed by atoms with Gasteiger partial charge in [0.2, 0.25) is 0 Å². The van der Waals surface area contributed by atoms with Gasteiger partial charge >= 0.3 is 0 Å². The minimum absolute atomic E-state index is 0.00553. The Morgan fingerprint density at radius 3 is 2.48 bits per heavy atom. The van der Waals surface area contributed by atoms with Crippen molar-refractivity contribution in [1.82, 2.24) is 5.32 Å². The largest absolute Gasteiger partial charge is 0.345 e. The molecule has 3 rings (SSSR count). The minimum atomic E-state index is 0.00553. The zero-order valence-corrected chi connectivity index (χ0v) is 15.6. The molecule has 0 aliphatic heterocycles. The zero-order valence-electron chi connectivity index (χ0n) is 13.4. The van der Waals surface area contributed by atoms with Crippen LogP contribution in [0.15, 0.2) is 42.5 Å². The lowest BCUT2D eigenvalue weighted by atomic mass is 9.88. The fraction of sp³-hybridized carbons (Fsp3) is 0.350. The van der Waals surface area contributed by atoms with Gasteiger partial charge in [-0.25, -0.2) is 0 Å². The van der Waals surface area contributed by atoms with E-state index >= 15 is 0 Å². The molecule has 1 aliphatic rings. The number of nitrogens with one attached hydrogen (secondary N) is 1. The molecule has 120 valence electrons. The van der Waals surface area contributed by atoms with E-state index in [9.17, 15) is 4.79 Å². The third-order valence-electron chi connectivity index (χ3n) is 4.59. The molecular formula is C20H22INO. The van der Waals surface area contributed by atoms with Crippen LogP contribution in [0.1, 0.15) is 59.3 Å². The summed E-state index contributed by atoms with van der Waals surface area (Å²) >= 11 is 2.25. The molecule has 1 atom stereocenters. The summed E-state index contributed by atoms with van der Waals surface area (Å²) in [5.41, 5.74) is 4.91. The molecule has 0 heterocycles. The van der Waals surface area contributed by atoms with Gasteiger partial charge in [-0.15, -0.1) is 0 Å². The second kappa shape index (κ2) is 7.47.